The van der Waals surface area contributed by atoms with Gasteiger partial charge < -0.3 is 9.64 Å². The maximum absolute atomic E-state index is 11.2. The molecule has 5 heteroatoms. The molecule has 2 aromatic rings. The van der Waals surface area contributed by atoms with Crippen molar-refractivity contribution in [2.75, 3.05) is 13.1 Å². The number of benzene rings is 2. The number of likely N-dealkylation sites (tertiary alicyclic amines) is 1. The van der Waals surface area contributed by atoms with E-state index in [-0.39, 0.29) is 10.6 Å². The Kier molecular flexibility index (Phi) is 5.11. The minimum atomic E-state index is -0.357. The van der Waals surface area contributed by atoms with Gasteiger partial charge in [-0.3, -0.25) is 10.1 Å². The van der Waals surface area contributed by atoms with Gasteiger partial charge in [0, 0.05) is 19.2 Å². The quantitative estimate of drug-likeness (QED) is 0.589. The summed E-state index contributed by atoms with van der Waals surface area (Å²) in [4.78, 5) is 13.1. The van der Waals surface area contributed by atoms with E-state index < -0.39 is 0 Å². The number of nitro groups is 1. The van der Waals surface area contributed by atoms with E-state index in [9.17, 15) is 10.1 Å². The van der Waals surface area contributed by atoms with Gasteiger partial charge in [0.25, 0.3) is 5.69 Å². The van der Waals surface area contributed by atoms with Crippen LogP contribution < -0.4 is 4.74 Å². The predicted octanol–water partition coefficient (Wildman–Crippen LogP) is 4.24. The zero-order valence-corrected chi connectivity index (χ0v) is 13.4. The van der Waals surface area contributed by atoms with Crippen molar-refractivity contribution in [3.05, 3.63) is 76.0 Å². The number of nitrogens with zero attached hydrogens (tertiary/aromatic N) is 2. The number of ether oxygens (including phenoxy) is 1. The van der Waals surface area contributed by atoms with Crippen molar-refractivity contribution >= 4 is 11.8 Å². The van der Waals surface area contributed by atoms with Crippen LogP contribution in [0.5, 0.6) is 5.75 Å². The first kappa shape index (κ1) is 16.1. The van der Waals surface area contributed by atoms with E-state index in [2.05, 4.69) is 4.90 Å². The third kappa shape index (κ3) is 4.13. The summed E-state index contributed by atoms with van der Waals surface area (Å²) < 4.78 is 5.77. The van der Waals surface area contributed by atoms with Crippen LogP contribution in [-0.2, 0) is 6.61 Å². The molecule has 0 unspecified atom stereocenters. The van der Waals surface area contributed by atoms with Gasteiger partial charge in [-0.1, -0.05) is 30.3 Å². The second-order valence-electron chi connectivity index (χ2n) is 5.81. The summed E-state index contributed by atoms with van der Waals surface area (Å²) in [5, 5.41) is 11.2. The Morgan fingerprint density at radius 1 is 1.12 bits per heavy atom. The van der Waals surface area contributed by atoms with E-state index in [1.807, 2.05) is 36.5 Å². The number of nitro benzene ring substituents is 1. The molecule has 1 heterocycles. The molecule has 3 rings (SSSR count). The lowest BCUT2D eigenvalue weighted by Crippen LogP contribution is -2.10. The largest absolute Gasteiger partial charge is 0.489 e. The van der Waals surface area contributed by atoms with Gasteiger partial charge >= 0.3 is 0 Å². The Morgan fingerprint density at radius 2 is 1.88 bits per heavy atom. The van der Waals surface area contributed by atoms with Crippen LogP contribution in [0.25, 0.3) is 6.08 Å². The molecule has 2 aromatic carbocycles. The third-order valence-electron chi connectivity index (χ3n) is 4.05. The van der Waals surface area contributed by atoms with Gasteiger partial charge in [0.15, 0.2) is 0 Å². The molecule has 0 radical (unpaired) electrons. The molecule has 1 aliphatic rings. The molecule has 1 fully saturated rings. The summed E-state index contributed by atoms with van der Waals surface area (Å²) in [5.74, 6) is 0.630. The molecular weight excluding hydrogens is 304 g/mol. The standard InChI is InChI=1S/C19H20N2O3/c22-21(23)19-9-8-18(24-15-16-6-2-1-3-7-16)14-17(19)10-13-20-11-4-5-12-20/h1-3,6-10,13-14H,4-5,11-12,15H2/b13-10-. The fraction of sp³-hybridized carbons (Fsp3) is 0.263. The predicted molar refractivity (Wildman–Crippen MR) is 93.7 cm³/mol. The molecule has 0 bridgehead atoms. The number of rotatable bonds is 6. The van der Waals surface area contributed by atoms with Crippen LogP contribution in [0.2, 0.25) is 0 Å². The molecule has 24 heavy (non-hydrogen) atoms. The second-order valence-corrected chi connectivity index (χ2v) is 5.81. The highest BCUT2D eigenvalue weighted by Gasteiger charge is 2.14. The second kappa shape index (κ2) is 7.64. The van der Waals surface area contributed by atoms with Crippen LogP contribution in [0.1, 0.15) is 24.0 Å². The maximum atomic E-state index is 11.2. The SMILES string of the molecule is O=[N+]([O-])c1ccc(OCc2ccccc2)cc1/C=C\N1CCCC1. The molecule has 0 aliphatic carbocycles. The molecule has 124 valence electrons. The molecule has 0 N–H and O–H groups in total. The van der Waals surface area contributed by atoms with Crippen LogP contribution in [0.3, 0.4) is 0 Å². The molecule has 0 atom stereocenters. The first-order valence-electron chi connectivity index (χ1n) is 8.10. The summed E-state index contributed by atoms with van der Waals surface area (Å²) in [5.41, 5.74) is 1.72. The molecular formula is C19H20N2O3. The Labute approximate surface area is 141 Å². The van der Waals surface area contributed by atoms with Crippen molar-refractivity contribution in [2.24, 2.45) is 0 Å². The molecule has 0 aromatic heterocycles. The Morgan fingerprint density at radius 3 is 2.58 bits per heavy atom. The van der Waals surface area contributed by atoms with Gasteiger partial charge in [-0.25, -0.2) is 0 Å². The zero-order chi connectivity index (χ0) is 16.8. The van der Waals surface area contributed by atoms with E-state index in [1.54, 1.807) is 18.2 Å². The molecule has 5 nitrogen and oxygen atoms in total. The fourth-order valence-electron chi connectivity index (χ4n) is 2.74. The van der Waals surface area contributed by atoms with E-state index in [0.717, 1.165) is 18.7 Å². The molecule has 1 aliphatic heterocycles. The lowest BCUT2D eigenvalue weighted by molar-refractivity contribution is -0.385. The summed E-state index contributed by atoms with van der Waals surface area (Å²) in [6.07, 6.45) is 6.09. The van der Waals surface area contributed by atoms with E-state index in [1.165, 1.54) is 18.9 Å². The van der Waals surface area contributed by atoms with Gasteiger partial charge in [0.1, 0.15) is 12.4 Å². The van der Waals surface area contributed by atoms with Gasteiger partial charge in [-0.15, -0.1) is 0 Å². The maximum Gasteiger partial charge on any atom is 0.276 e. The first-order valence-corrected chi connectivity index (χ1v) is 8.10. The third-order valence-corrected chi connectivity index (χ3v) is 4.05. The fourth-order valence-corrected chi connectivity index (χ4v) is 2.74. The van der Waals surface area contributed by atoms with Crippen molar-refractivity contribution in [2.45, 2.75) is 19.4 Å². The summed E-state index contributed by atoms with van der Waals surface area (Å²) in [6.45, 7) is 2.46. The molecule has 0 saturated carbocycles. The van der Waals surface area contributed by atoms with Crippen LogP contribution >= 0.6 is 0 Å². The van der Waals surface area contributed by atoms with Crippen LogP contribution in [0.15, 0.2) is 54.7 Å². The summed E-state index contributed by atoms with van der Waals surface area (Å²) in [7, 11) is 0. The van der Waals surface area contributed by atoms with Crippen molar-refractivity contribution in [3.8, 4) is 5.75 Å². The van der Waals surface area contributed by atoms with Crippen molar-refractivity contribution < 1.29 is 9.66 Å². The molecule has 0 spiro atoms. The average molecular weight is 324 g/mol. The highest BCUT2D eigenvalue weighted by molar-refractivity contribution is 5.62. The highest BCUT2D eigenvalue weighted by Crippen LogP contribution is 2.26. The summed E-state index contributed by atoms with van der Waals surface area (Å²) >= 11 is 0. The normalized spacial score (nSPS) is 14.2. The summed E-state index contributed by atoms with van der Waals surface area (Å²) in [6, 6.07) is 14.7. The number of hydrogen-bond acceptors (Lipinski definition) is 4. The lowest BCUT2D eigenvalue weighted by atomic mass is 10.1. The Balaban J connectivity index is 1.75. The highest BCUT2D eigenvalue weighted by atomic mass is 16.6. The smallest absolute Gasteiger partial charge is 0.276 e. The minimum Gasteiger partial charge on any atom is -0.489 e. The van der Waals surface area contributed by atoms with Crippen molar-refractivity contribution in [1.82, 2.24) is 4.90 Å². The first-order chi connectivity index (χ1) is 11.7. The van der Waals surface area contributed by atoms with Gasteiger partial charge in [0.05, 0.1) is 10.5 Å². The van der Waals surface area contributed by atoms with Gasteiger partial charge in [-0.2, -0.15) is 0 Å². The topological polar surface area (TPSA) is 55.6 Å². The van der Waals surface area contributed by atoms with E-state index in [0.29, 0.717) is 17.9 Å². The van der Waals surface area contributed by atoms with E-state index in [4.69, 9.17) is 4.74 Å². The zero-order valence-electron chi connectivity index (χ0n) is 13.4. The van der Waals surface area contributed by atoms with E-state index >= 15 is 0 Å². The van der Waals surface area contributed by atoms with Gasteiger partial charge in [0.2, 0.25) is 0 Å². The van der Waals surface area contributed by atoms with Crippen LogP contribution in [0.4, 0.5) is 5.69 Å². The molecule has 0 amide bonds. The Bertz CT molecular complexity index is 723. The minimum absolute atomic E-state index is 0.0949. The number of hydrogen-bond donors (Lipinski definition) is 0. The molecule has 1 saturated heterocycles. The Hall–Kier alpha value is -2.82. The lowest BCUT2D eigenvalue weighted by Gasteiger charge is -2.11. The average Bonchev–Trinajstić information content (AvgIpc) is 3.12. The van der Waals surface area contributed by atoms with Gasteiger partial charge in [-0.05, 0) is 42.8 Å². The van der Waals surface area contributed by atoms with Crippen molar-refractivity contribution in [3.63, 3.8) is 0 Å². The monoisotopic (exact) mass is 324 g/mol. The van der Waals surface area contributed by atoms with Crippen LogP contribution in [0, 0.1) is 10.1 Å². The van der Waals surface area contributed by atoms with Crippen molar-refractivity contribution in [1.29, 1.82) is 0 Å². The van der Waals surface area contributed by atoms with Crippen LogP contribution in [-0.4, -0.2) is 22.9 Å².